The third-order valence-corrected chi connectivity index (χ3v) is 1.17. The summed E-state index contributed by atoms with van der Waals surface area (Å²) in [5, 5.41) is 10.2. The standard InChI is InChI=1S/C6H7N3O2.ClH/c1-4-2-5(9(10)11)3-6(7)8-4;/h2-3H,1H3,(H2,7,8);1H. The number of nitro groups is 1. The number of aromatic nitrogens is 1. The molecule has 0 amide bonds. The van der Waals surface area contributed by atoms with E-state index in [0.717, 1.165) is 0 Å². The lowest BCUT2D eigenvalue weighted by atomic mass is 10.3. The molecular weight excluding hydrogens is 182 g/mol. The summed E-state index contributed by atoms with van der Waals surface area (Å²) in [6.07, 6.45) is 0. The van der Waals surface area contributed by atoms with Gasteiger partial charge in [0.25, 0.3) is 5.69 Å². The van der Waals surface area contributed by atoms with Crippen LogP contribution in [0.4, 0.5) is 11.5 Å². The van der Waals surface area contributed by atoms with E-state index in [-0.39, 0.29) is 23.9 Å². The van der Waals surface area contributed by atoms with Crippen LogP contribution in [0.1, 0.15) is 5.69 Å². The third kappa shape index (κ3) is 2.35. The molecule has 0 aliphatic rings. The number of anilines is 1. The van der Waals surface area contributed by atoms with Crippen molar-refractivity contribution in [2.75, 3.05) is 5.73 Å². The first-order valence-electron chi connectivity index (χ1n) is 2.98. The quantitative estimate of drug-likeness (QED) is 0.533. The van der Waals surface area contributed by atoms with Crippen molar-refractivity contribution in [2.24, 2.45) is 0 Å². The zero-order chi connectivity index (χ0) is 8.43. The van der Waals surface area contributed by atoms with Gasteiger partial charge in [0.2, 0.25) is 0 Å². The maximum atomic E-state index is 10.2. The van der Waals surface area contributed by atoms with Gasteiger partial charge in [-0.2, -0.15) is 0 Å². The summed E-state index contributed by atoms with van der Waals surface area (Å²) in [6, 6.07) is 2.60. The second-order valence-corrected chi connectivity index (χ2v) is 2.15. The molecule has 66 valence electrons. The average Bonchev–Trinajstić information content (AvgIpc) is 1.85. The van der Waals surface area contributed by atoms with Gasteiger partial charge in [-0.25, -0.2) is 4.98 Å². The van der Waals surface area contributed by atoms with Crippen molar-refractivity contribution in [2.45, 2.75) is 6.92 Å². The molecule has 0 saturated carbocycles. The summed E-state index contributed by atoms with van der Waals surface area (Å²) >= 11 is 0. The van der Waals surface area contributed by atoms with Crippen LogP contribution in [0, 0.1) is 17.0 Å². The zero-order valence-corrected chi connectivity index (χ0v) is 7.17. The number of halogens is 1. The zero-order valence-electron chi connectivity index (χ0n) is 6.35. The summed E-state index contributed by atoms with van der Waals surface area (Å²) < 4.78 is 0. The van der Waals surface area contributed by atoms with E-state index in [9.17, 15) is 10.1 Å². The molecule has 0 unspecified atom stereocenters. The lowest BCUT2D eigenvalue weighted by Crippen LogP contribution is -1.95. The molecule has 0 spiro atoms. The molecule has 12 heavy (non-hydrogen) atoms. The minimum Gasteiger partial charge on any atom is -0.383 e. The van der Waals surface area contributed by atoms with Crippen LogP contribution in [0.3, 0.4) is 0 Å². The predicted molar refractivity (Wildman–Crippen MR) is 47.3 cm³/mol. The lowest BCUT2D eigenvalue weighted by Gasteiger charge is -1.94. The largest absolute Gasteiger partial charge is 0.383 e. The monoisotopic (exact) mass is 189 g/mol. The molecule has 6 heteroatoms. The lowest BCUT2D eigenvalue weighted by molar-refractivity contribution is -0.384. The van der Waals surface area contributed by atoms with E-state index < -0.39 is 4.92 Å². The van der Waals surface area contributed by atoms with Crippen molar-refractivity contribution >= 4 is 23.9 Å². The van der Waals surface area contributed by atoms with Gasteiger partial charge in [-0.05, 0) is 6.92 Å². The summed E-state index contributed by atoms with van der Waals surface area (Å²) in [7, 11) is 0. The van der Waals surface area contributed by atoms with Crippen LogP contribution in [-0.2, 0) is 0 Å². The molecule has 5 nitrogen and oxygen atoms in total. The van der Waals surface area contributed by atoms with Crippen LogP contribution in [0.25, 0.3) is 0 Å². The van der Waals surface area contributed by atoms with E-state index in [1.54, 1.807) is 6.92 Å². The van der Waals surface area contributed by atoms with Crippen molar-refractivity contribution < 1.29 is 4.92 Å². The van der Waals surface area contributed by atoms with Gasteiger partial charge >= 0.3 is 0 Å². The number of pyridine rings is 1. The first kappa shape index (κ1) is 10.6. The van der Waals surface area contributed by atoms with E-state index in [4.69, 9.17) is 5.73 Å². The molecule has 0 aliphatic heterocycles. The number of nitrogen functional groups attached to an aromatic ring is 1. The van der Waals surface area contributed by atoms with Gasteiger partial charge in [0.1, 0.15) is 5.82 Å². The fraction of sp³-hybridized carbons (Fsp3) is 0.167. The van der Waals surface area contributed by atoms with Crippen molar-refractivity contribution in [3.63, 3.8) is 0 Å². The molecule has 0 aliphatic carbocycles. The number of nitrogens with two attached hydrogens (primary N) is 1. The minimum atomic E-state index is -0.495. The highest BCUT2D eigenvalue weighted by Crippen LogP contribution is 2.14. The number of rotatable bonds is 1. The SMILES string of the molecule is Cc1cc([N+](=O)[O-])cc(N)n1.Cl. The van der Waals surface area contributed by atoms with E-state index >= 15 is 0 Å². The number of nitrogens with zero attached hydrogens (tertiary/aromatic N) is 2. The Labute approximate surface area is 75.2 Å². The Morgan fingerprint density at radius 2 is 2.17 bits per heavy atom. The van der Waals surface area contributed by atoms with E-state index in [1.165, 1.54) is 12.1 Å². The highest BCUT2D eigenvalue weighted by atomic mass is 35.5. The van der Waals surface area contributed by atoms with E-state index in [1.807, 2.05) is 0 Å². The normalized spacial score (nSPS) is 8.75. The van der Waals surface area contributed by atoms with E-state index in [0.29, 0.717) is 5.69 Å². The second kappa shape index (κ2) is 3.87. The molecule has 1 rings (SSSR count). The first-order valence-corrected chi connectivity index (χ1v) is 2.98. The number of hydrogen-bond acceptors (Lipinski definition) is 4. The Hall–Kier alpha value is -1.36. The van der Waals surface area contributed by atoms with Crippen LogP contribution in [0.15, 0.2) is 12.1 Å². The van der Waals surface area contributed by atoms with E-state index in [2.05, 4.69) is 4.98 Å². The molecule has 0 atom stereocenters. The van der Waals surface area contributed by atoms with Gasteiger partial charge in [-0.15, -0.1) is 12.4 Å². The van der Waals surface area contributed by atoms with Crippen molar-refractivity contribution in [3.05, 3.63) is 27.9 Å². The molecule has 0 aromatic carbocycles. The highest BCUT2D eigenvalue weighted by Gasteiger charge is 2.06. The van der Waals surface area contributed by atoms with Crippen molar-refractivity contribution in [1.82, 2.24) is 4.98 Å². The molecule has 0 radical (unpaired) electrons. The van der Waals surface area contributed by atoms with Gasteiger partial charge in [0, 0.05) is 11.8 Å². The predicted octanol–water partition coefficient (Wildman–Crippen LogP) is 1.30. The molecular formula is C6H8ClN3O2. The fourth-order valence-electron chi connectivity index (χ4n) is 0.781. The van der Waals surface area contributed by atoms with Crippen molar-refractivity contribution in [1.29, 1.82) is 0 Å². The molecule has 0 saturated heterocycles. The Bertz CT molecular complexity index is 283. The van der Waals surface area contributed by atoms with Gasteiger partial charge in [0.05, 0.1) is 11.0 Å². The van der Waals surface area contributed by atoms with Gasteiger partial charge in [0.15, 0.2) is 0 Å². The third-order valence-electron chi connectivity index (χ3n) is 1.17. The maximum absolute atomic E-state index is 10.2. The number of aryl methyl sites for hydroxylation is 1. The molecule has 1 heterocycles. The Morgan fingerprint density at radius 1 is 1.58 bits per heavy atom. The second-order valence-electron chi connectivity index (χ2n) is 2.15. The number of hydrogen-bond donors (Lipinski definition) is 1. The minimum absolute atomic E-state index is 0. The Kier molecular flexibility index (Phi) is 3.43. The first-order chi connectivity index (χ1) is 5.09. The van der Waals surface area contributed by atoms with Crippen LogP contribution >= 0.6 is 12.4 Å². The van der Waals surface area contributed by atoms with Crippen LogP contribution < -0.4 is 5.73 Å². The maximum Gasteiger partial charge on any atom is 0.274 e. The van der Waals surface area contributed by atoms with Crippen molar-refractivity contribution in [3.8, 4) is 0 Å². The molecule has 0 bridgehead atoms. The summed E-state index contributed by atoms with van der Waals surface area (Å²) in [5.41, 5.74) is 5.82. The molecule has 0 fully saturated rings. The highest BCUT2D eigenvalue weighted by molar-refractivity contribution is 5.85. The summed E-state index contributed by atoms with van der Waals surface area (Å²) in [6.45, 7) is 1.66. The van der Waals surface area contributed by atoms with Gasteiger partial charge in [-0.3, -0.25) is 10.1 Å². The average molecular weight is 190 g/mol. The smallest absolute Gasteiger partial charge is 0.274 e. The Morgan fingerprint density at radius 3 is 2.58 bits per heavy atom. The Balaban J connectivity index is 0.00000121. The van der Waals surface area contributed by atoms with Crippen LogP contribution in [-0.4, -0.2) is 9.91 Å². The summed E-state index contributed by atoms with van der Waals surface area (Å²) in [4.78, 5) is 13.5. The molecule has 2 N–H and O–H groups in total. The van der Waals surface area contributed by atoms with Crippen LogP contribution in [0.2, 0.25) is 0 Å². The van der Waals surface area contributed by atoms with Gasteiger partial charge in [-0.1, -0.05) is 0 Å². The molecule has 1 aromatic heterocycles. The fourth-order valence-corrected chi connectivity index (χ4v) is 0.781. The van der Waals surface area contributed by atoms with Gasteiger partial charge < -0.3 is 5.73 Å². The molecule has 1 aromatic rings. The topological polar surface area (TPSA) is 82.0 Å². The van der Waals surface area contributed by atoms with Crippen LogP contribution in [0.5, 0.6) is 0 Å². The summed E-state index contributed by atoms with van der Waals surface area (Å²) in [5.74, 6) is 0.178.